The monoisotopic (exact) mass is 219 g/mol. The summed E-state index contributed by atoms with van der Waals surface area (Å²) in [6.45, 7) is 1.20. The van der Waals surface area contributed by atoms with Gasteiger partial charge in [0.2, 0.25) is 5.91 Å². The zero-order valence-electron chi connectivity index (χ0n) is 7.93. The van der Waals surface area contributed by atoms with Crippen molar-refractivity contribution in [3.63, 3.8) is 0 Å². The van der Waals surface area contributed by atoms with E-state index in [9.17, 15) is 9.59 Å². The highest BCUT2D eigenvalue weighted by atomic mass is 32.2. The largest absolute Gasteiger partial charge is 0.480 e. The molecule has 0 aromatic heterocycles. The van der Waals surface area contributed by atoms with Crippen molar-refractivity contribution < 1.29 is 19.4 Å². The third kappa shape index (κ3) is 2.88. The molecule has 1 atom stereocenters. The molecule has 1 amide bonds. The number of carboxylic acids is 1. The second-order valence-corrected chi connectivity index (χ2v) is 4.16. The molecule has 1 heterocycles. The van der Waals surface area contributed by atoms with E-state index in [1.54, 1.807) is 12.0 Å². The first-order valence-electron chi connectivity index (χ1n) is 4.26. The molecule has 0 aromatic carbocycles. The molecule has 0 saturated carbocycles. The molecular weight excluding hydrogens is 206 g/mol. The Balaban J connectivity index is 2.46. The zero-order valence-corrected chi connectivity index (χ0v) is 8.75. The second kappa shape index (κ2) is 5.21. The minimum absolute atomic E-state index is 0.00968. The summed E-state index contributed by atoms with van der Waals surface area (Å²) in [5.41, 5.74) is 0. The van der Waals surface area contributed by atoms with E-state index in [1.165, 1.54) is 11.8 Å². The van der Waals surface area contributed by atoms with E-state index < -0.39 is 11.2 Å². The number of hydrogen-bond donors (Lipinski definition) is 1. The van der Waals surface area contributed by atoms with Crippen molar-refractivity contribution in [1.82, 2.24) is 4.90 Å². The van der Waals surface area contributed by atoms with Gasteiger partial charge in [0.25, 0.3) is 0 Å². The maximum atomic E-state index is 11.3. The molecule has 80 valence electrons. The quantitative estimate of drug-likeness (QED) is 0.700. The van der Waals surface area contributed by atoms with Crippen LogP contribution in [0.15, 0.2) is 0 Å². The SMILES string of the molecule is COCCN1CC(C(=O)O)SCC1=O. The molecule has 1 rings (SSSR count). The lowest BCUT2D eigenvalue weighted by Crippen LogP contribution is -2.46. The number of amides is 1. The second-order valence-electron chi connectivity index (χ2n) is 2.97. The molecule has 0 spiro atoms. The predicted octanol–water partition coefficient (Wildman–Crippen LogP) is -0.339. The van der Waals surface area contributed by atoms with Gasteiger partial charge in [-0.3, -0.25) is 9.59 Å². The molecule has 1 aliphatic heterocycles. The Hall–Kier alpha value is -0.750. The number of hydrogen-bond acceptors (Lipinski definition) is 4. The average molecular weight is 219 g/mol. The third-order valence-corrected chi connectivity index (χ3v) is 3.15. The van der Waals surface area contributed by atoms with E-state index in [0.717, 1.165) is 0 Å². The van der Waals surface area contributed by atoms with Crippen molar-refractivity contribution in [2.24, 2.45) is 0 Å². The van der Waals surface area contributed by atoms with Crippen LogP contribution in [0.25, 0.3) is 0 Å². The van der Waals surface area contributed by atoms with Crippen LogP contribution in [0, 0.1) is 0 Å². The topological polar surface area (TPSA) is 66.8 Å². The van der Waals surface area contributed by atoms with Gasteiger partial charge in [0.15, 0.2) is 0 Å². The number of aliphatic carboxylic acids is 1. The lowest BCUT2D eigenvalue weighted by Gasteiger charge is -2.29. The van der Waals surface area contributed by atoms with Gasteiger partial charge in [-0.2, -0.15) is 0 Å². The number of carbonyl (C=O) groups is 2. The number of carboxylic acid groups (broad SMARTS) is 1. The third-order valence-electron chi connectivity index (χ3n) is 1.99. The van der Waals surface area contributed by atoms with E-state index in [2.05, 4.69) is 0 Å². The molecule has 6 heteroatoms. The van der Waals surface area contributed by atoms with Gasteiger partial charge in [0, 0.05) is 20.2 Å². The van der Waals surface area contributed by atoms with Crippen LogP contribution in [0.3, 0.4) is 0 Å². The summed E-state index contributed by atoms with van der Waals surface area (Å²) < 4.78 is 4.84. The van der Waals surface area contributed by atoms with Crippen molar-refractivity contribution in [2.45, 2.75) is 5.25 Å². The molecule has 1 saturated heterocycles. The van der Waals surface area contributed by atoms with Crippen LogP contribution in [-0.2, 0) is 14.3 Å². The summed E-state index contributed by atoms with van der Waals surface area (Å²) in [7, 11) is 1.55. The molecule has 1 aliphatic rings. The number of methoxy groups -OCH3 is 1. The van der Waals surface area contributed by atoms with Gasteiger partial charge in [-0.1, -0.05) is 0 Å². The first kappa shape index (κ1) is 11.3. The van der Waals surface area contributed by atoms with Crippen molar-refractivity contribution in [3.8, 4) is 0 Å². The van der Waals surface area contributed by atoms with E-state index in [0.29, 0.717) is 13.2 Å². The van der Waals surface area contributed by atoms with Crippen LogP contribution in [0.4, 0.5) is 0 Å². The van der Waals surface area contributed by atoms with Gasteiger partial charge in [-0.15, -0.1) is 11.8 Å². The Labute approximate surface area is 86.4 Å². The van der Waals surface area contributed by atoms with Crippen molar-refractivity contribution in [2.75, 3.05) is 32.6 Å². The Bertz CT molecular complexity index is 233. The number of rotatable bonds is 4. The zero-order chi connectivity index (χ0) is 10.6. The summed E-state index contributed by atoms with van der Waals surface area (Å²) in [6, 6.07) is 0. The first-order chi connectivity index (χ1) is 6.65. The van der Waals surface area contributed by atoms with Gasteiger partial charge in [-0.25, -0.2) is 0 Å². The number of ether oxygens (including phenoxy) is 1. The highest BCUT2D eigenvalue weighted by molar-refractivity contribution is 8.01. The first-order valence-corrected chi connectivity index (χ1v) is 5.31. The van der Waals surface area contributed by atoms with E-state index in [1.807, 2.05) is 0 Å². The number of nitrogens with zero attached hydrogens (tertiary/aromatic N) is 1. The van der Waals surface area contributed by atoms with Crippen molar-refractivity contribution in [1.29, 1.82) is 0 Å². The predicted molar refractivity (Wildman–Crippen MR) is 52.3 cm³/mol. The fourth-order valence-corrected chi connectivity index (χ4v) is 2.14. The molecular formula is C8H13NO4S. The summed E-state index contributed by atoms with van der Waals surface area (Å²) >= 11 is 1.19. The van der Waals surface area contributed by atoms with E-state index in [-0.39, 0.29) is 18.2 Å². The molecule has 1 unspecified atom stereocenters. The Morgan fingerprint density at radius 2 is 2.50 bits per heavy atom. The van der Waals surface area contributed by atoms with Crippen LogP contribution in [0.1, 0.15) is 0 Å². The molecule has 1 fully saturated rings. The Morgan fingerprint density at radius 1 is 1.79 bits per heavy atom. The number of thioether (sulfide) groups is 1. The van der Waals surface area contributed by atoms with Crippen molar-refractivity contribution in [3.05, 3.63) is 0 Å². The maximum absolute atomic E-state index is 11.3. The summed E-state index contributed by atoms with van der Waals surface area (Å²) in [6.07, 6.45) is 0. The minimum Gasteiger partial charge on any atom is -0.480 e. The molecule has 0 aromatic rings. The normalized spacial score (nSPS) is 22.5. The van der Waals surface area contributed by atoms with E-state index in [4.69, 9.17) is 9.84 Å². The van der Waals surface area contributed by atoms with Crippen LogP contribution >= 0.6 is 11.8 Å². The van der Waals surface area contributed by atoms with Crippen LogP contribution in [0.2, 0.25) is 0 Å². The fourth-order valence-electron chi connectivity index (χ4n) is 1.18. The average Bonchev–Trinajstić information content (AvgIpc) is 2.16. The molecule has 1 N–H and O–H groups in total. The van der Waals surface area contributed by atoms with Gasteiger partial charge < -0.3 is 14.7 Å². The standard InChI is InChI=1S/C8H13NO4S/c1-13-3-2-9-4-6(8(11)12)14-5-7(9)10/h6H,2-5H2,1H3,(H,11,12). The van der Waals surface area contributed by atoms with E-state index >= 15 is 0 Å². The molecule has 0 bridgehead atoms. The van der Waals surface area contributed by atoms with Crippen LogP contribution < -0.4 is 0 Å². The number of carbonyl (C=O) groups excluding carboxylic acids is 1. The summed E-state index contributed by atoms with van der Waals surface area (Å²) in [5.74, 6) is -0.616. The maximum Gasteiger partial charge on any atom is 0.318 e. The highest BCUT2D eigenvalue weighted by Gasteiger charge is 2.30. The lowest BCUT2D eigenvalue weighted by atomic mass is 10.3. The Kier molecular flexibility index (Phi) is 4.21. The van der Waals surface area contributed by atoms with Crippen LogP contribution in [0.5, 0.6) is 0 Å². The smallest absolute Gasteiger partial charge is 0.318 e. The lowest BCUT2D eigenvalue weighted by molar-refractivity contribution is -0.138. The molecule has 5 nitrogen and oxygen atoms in total. The van der Waals surface area contributed by atoms with Crippen LogP contribution in [-0.4, -0.2) is 59.7 Å². The van der Waals surface area contributed by atoms with Crippen molar-refractivity contribution >= 4 is 23.6 Å². The molecule has 14 heavy (non-hydrogen) atoms. The Morgan fingerprint density at radius 3 is 3.07 bits per heavy atom. The van der Waals surface area contributed by atoms with Gasteiger partial charge >= 0.3 is 5.97 Å². The highest BCUT2D eigenvalue weighted by Crippen LogP contribution is 2.19. The summed E-state index contributed by atoms with van der Waals surface area (Å²) in [5, 5.41) is 8.28. The van der Waals surface area contributed by atoms with Gasteiger partial charge in [-0.05, 0) is 0 Å². The molecule has 0 aliphatic carbocycles. The fraction of sp³-hybridized carbons (Fsp3) is 0.750. The van der Waals surface area contributed by atoms with Gasteiger partial charge in [0.1, 0.15) is 5.25 Å². The molecule has 0 radical (unpaired) electrons. The van der Waals surface area contributed by atoms with Gasteiger partial charge in [0.05, 0.1) is 12.4 Å². The summed E-state index contributed by atoms with van der Waals surface area (Å²) in [4.78, 5) is 23.6. The minimum atomic E-state index is -0.857.